The third-order valence-corrected chi connectivity index (χ3v) is 3.52. The van der Waals surface area contributed by atoms with Crippen molar-refractivity contribution in [3.05, 3.63) is 34.3 Å². The van der Waals surface area contributed by atoms with Gasteiger partial charge >= 0.3 is 0 Å². The second-order valence-electron chi connectivity index (χ2n) is 4.52. The Morgan fingerprint density at radius 1 is 1.33 bits per heavy atom. The van der Waals surface area contributed by atoms with Crippen LogP contribution in [0.5, 0.6) is 0 Å². The molecule has 2 rings (SSSR count). The lowest BCUT2D eigenvalue weighted by Crippen LogP contribution is -2.35. The van der Waals surface area contributed by atoms with E-state index in [0.29, 0.717) is 6.42 Å². The number of aldehydes is 1. The molecule has 4 heteroatoms. The summed E-state index contributed by atoms with van der Waals surface area (Å²) in [5, 5.41) is 0.796. The van der Waals surface area contributed by atoms with E-state index in [1.165, 1.54) is 0 Å². The Hall–Kier alpha value is -0.900. The van der Waals surface area contributed by atoms with Gasteiger partial charge in [-0.2, -0.15) is 0 Å². The Morgan fingerprint density at radius 2 is 2.11 bits per heavy atom. The summed E-state index contributed by atoms with van der Waals surface area (Å²) in [6.07, 6.45) is 2.26. The van der Waals surface area contributed by atoms with Crippen molar-refractivity contribution in [1.29, 1.82) is 0 Å². The molecule has 0 amide bonds. The molecule has 0 atom stereocenters. The zero-order valence-electron chi connectivity index (χ0n) is 10.4. The standard InChI is InChI=1S/C14H18ClNO2/c15-14-10-12(2-1-7-17)3-4-13(14)11-16-5-8-18-9-6-16/h3-4,7,10H,1-2,5-6,8-9,11H2. The molecular weight excluding hydrogens is 250 g/mol. The van der Waals surface area contributed by atoms with Gasteiger partial charge in [-0.3, -0.25) is 4.90 Å². The van der Waals surface area contributed by atoms with Gasteiger partial charge < -0.3 is 9.53 Å². The van der Waals surface area contributed by atoms with Gasteiger partial charge in [-0.25, -0.2) is 0 Å². The summed E-state index contributed by atoms with van der Waals surface area (Å²) in [6.45, 7) is 4.40. The van der Waals surface area contributed by atoms with Gasteiger partial charge in [0, 0.05) is 31.1 Å². The van der Waals surface area contributed by atoms with E-state index in [9.17, 15) is 4.79 Å². The topological polar surface area (TPSA) is 29.5 Å². The molecular formula is C14H18ClNO2. The lowest BCUT2D eigenvalue weighted by Gasteiger charge is -2.27. The maximum absolute atomic E-state index is 10.3. The Labute approximate surface area is 113 Å². The molecule has 1 aliphatic heterocycles. The number of carbonyl (C=O) groups excluding carboxylic acids is 1. The van der Waals surface area contributed by atoms with Crippen molar-refractivity contribution in [3.63, 3.8) is 0 Å². The summed E-state index contributed by atoms with van der Waals surface area (Å²) in [4.78, 5) is 12.7. The van der Waals surface area contributed by atoms with Crippen molar-refractivity contribution in [1.82, 2.24) is 4.90 Å². The maximum atomic E-state index is 10.3. The van der Waals surface area contributed by atoms with Crippen molar-refractivity contribution >= 4 is 17.9 Å². The highest BCUT2D eigenvalue weighted by Gasteiger charge is 2.12. The Balaban J connectivity index is 1.97. The number of halogens is 1. The van der Waals surface area contributed by atoms with Crippen LogP contribution in [0.1, 0.15) is 17.5 Å². The first kappa shape index (κ1) is 13.5. The zero-order valence-corrected chi connectivity index (χ0v) is 11.2. The van der Waals surface area contributed by atoms with Gasteiger partial charge in [0.05, 0.1) is 13.2 Å². The quantitative estimate of drug-likeness (QED) is 0.767. The van der Waals surface area contributed by atoms with Crippen LogP contribution in [0.15, 0.2) is 18.2 Å². The highest BCUT2D eigenvalue weighted by atomic mass is 35.5. The number of rotatable bonds is 5. The van der Waals surface area contributed by atoms with Crippen LogP contribution in [0.4, 0.5) is 0 Å². The number of aryl methyl sites for hydroxylation is 1. The minimum absolute atomic E-state index is 0.555. The van der Waals surface area contributed by atoms with Gasteiger partial charge in [0.2, 0.25) is 0 Å². The third kappa shape index (κ3) is 3.80. The van der Waals surface area contributed by atoms with Crippen LogP contribution in [0.25, 0.3) is 0 Å². The van der Waals surface area contributed by atoms with Gasteiger partial charge in [0.1, 0.15) is 6.29 Å². The molecule has 0 N–H and O–H groups in total. The van der Waals surface area contributed by atoms with Gasteiger partial charge in [-0.05, 0) is 23.6 Å². The molecule has 18 heavy (non-hydrogen) atoms. The summed E-state index contributed by atoms with van der Waals surface area (Å²) in [7, 11) is 0. The summed E-state index contributed by atoms with van der Waals surface area (Å²) < 4.78 is 5.32. The Morgan fingerprint density at radius 3 is 2.78 bits per heavy atom. The molecule has 0 radical (unpaired) electrons. The van der Waals surface area contributed by atoms with E-state index in [2.05, 4.69) is 17.0 Å². The van der Waals surface area contributed by atoms with Gasteiger partial charge in [-0.15, -0.1) is 0 Å². The number of benzene rings is 1. The van der Waals surface area contributed by atoms with E-state index in [0.717, 1.165) is 61.7 Å². The smallest absolute Gasteiger partial charge is 0.120 e. The normalized spacial score (nSPS) is 16.7. The molecule has 0 spiro atoms. The van der Waals surface area contributed by atoms with Crippen molar-refractivity contribution in [3.8, 4) is 0 Å². The van der Waals surface area contributed by atoms with E-state index in [-0.39, 0.29) is 0 Å². The molecule has 1 fully saturated rings. The number of nitrogens with zero attached hydrogens (tertiary/aromatic N) is 1. The molecule has 1 saturated heterocycles. The average molecular weight is 268 g/mol. The molecule has 0 bridgehead atoms. The second-order valence-corrected chi connectivity index (χ2v) is 4.93. The minimum atomic E-state index is 0.555. The molecule has 1 aromatic carbocycles. The van der Waals surface area contributed by atoms with Crippen LogP contribution >= 0.6 is 11.6 Å². The number of carbonyl (C=O) groups is 1. The summed E-state index contributed by atoms with van der Waals surface area (Å²) in [5.41, 5.74) is 2.27. The summed E-state index contributed by atoms with van der Waals surface area (Å²) in [6, 6.07) is 6.10. The molecule has 0 unspecified atom stereocenters. The van der Waals surface area contributed by atoms with Crippen molar-refractivity contribution in [2.45, 2.75) is 19.4 Å². The Bertz CT molecular complexity index is 403. The van der Waals surface area contributed by atoms with Crippen LogP contribution in [-0.4, -0.2) is 37.5 Å². The first-order valence-corrected chi connectivity index (χ1v) is 6.68. The fraction of sp³-hybridized carbons (Fsp3) is 0.500. The Kier molecular flexibility index (Phi) is 5.17. The molecule has 0 aromatic heterocycles. The lowest BCUT2D eigenvalue weighted by atomic mass is 10.1. The summed E-state index contributed by atoms with van der Waals surface area (Å²) in [5.74, 6) is 0. The highest BCUT2D eigenvalue weighted by molar-refractivity contribution is 6.31. The van der Waals surface area contributed by atoms with Gasteiger partial charge in [-0.1, -0.05) is 23.7 Å². The predicted molar refractivity (Wildman–Crippen MR) is 71.9 cm³/mol. The molecule has 3 nitrogen and oxygen atoms in total. The predicted octanol–water partition coefficient (Wildman–Crippen LogP) is 2.30. The fourth-order valence-corrected chi connectivity index (χ4v) is 2.36. The first-order chi connectivity index (χ1) is 8.79. The van der Waals surface area contributed by atoms with Crippen molar-refractivity contribution in [2.75, 3.05) is 26.3 Å². The van der Waals surface area contributed by atoms with Crippen LogP contribution in [-0.2, 0) is 22.5 Å². The molecule has 1 aromatic rings. The maximum Gasteiger partial charge on any atom is 0.120 e. The van der Waals surface area contributed by atoms with Crippen LogP contribution < -0.4 is 0 Å². The van der Waals surface area contributed by atoms with E-state index in [4.69, 9.17) is 16.3 Å². The van der Waals surface area contributed by atoms with E-state index < -0.39 is 0 Å². The van der Waals surface area contributed by atoms with E-state index in [1.54, 1.807) is 0 Å². The highest BCUT2D eigenvalue weighted by Crippen LogP contribution is 2.20. The molecule has 1 aliphatic rings. The van der Waals surface area contributed by atoms with Crippen molar-refractivity contribution < 1.29 is 9.53 Å². The SMILES string of the molecule is O=CCCc1ccc(CN2CCOCC2)c(Cl)c1. The first-order valence-electron chi connectivity index (χ1n) is 6.30. The second kappa shape index (κ2) is 6.88. The summed E-state index contributed by atoms with van der Waals surface area (Å²) >= 11 is 6.28. The van der Waals surface area contributed by atoms with Gasteiger partial charge in [0.15, 0.2) is 0 Å². The third-order valence-electron chi connectivity index (χ3n) is 3.17. The van der Waals surface area contributed by atoms with E-state index in [1.807, 2.05) is 6.07 Å². The largest absolute Gasteiger partial charge is 0.379 e. The number of morpholine rings is 1. The molecule has 0 aliphatic carbocycles. The average Bonchev–Trinajstić information content (AvgIpc) is 2.40. The molecule has 98 valence electrons. The monoisotopic (exact) mass is 267 g/mol. The molecule has 0 saturated carbocycles. The van der Waals surface area contributed by atoms with Crippen LogP contribution in [0.2, 0.25) is 5.02 Å². The molecule has 1 heterocycles. The number of ether oxygens (including phenoxy) is 1. The van der Waals surface area contributed by atoms with Crippen molar-refractivity contribution in [2.24, 2.45) is 0 Å². The minimum Gasteiger partial charge on any atom is -0.379 e. The lowest BCUT2D eigenvalue weighted by molar-refractivity contribution is -0.107. The van der Waals surface area contributed by atoms with E-state index >= 15 is 0 Å². The van der Waals surface area contributed by atoms with Crippen LogP contribution in [0.3, 0.4) is 0 Å². The number of hydrogen-bond acceptors (Lipinski definition) is 3. The van der Waals surface area contributed by atoms with Crippen LogP contribution in [0, 0.1) is 0 Å². The van der Waals surface area contributed by atoms with Gasteiger partial charge in [0.25, 0.3) is 0 Å². The fourth-order valence-electron chi connectivity index (χ4n) is 2.10. The number of hydrogen-bond donors (Lipinski definition) is 0. The zero-order chi connectivity index (χ0) is 12.8.